The molecule has 1 fully saturated rings. The second-order valence-electron chi connectivity index (χ2n) is 10.2. The summed E-state index contributed by atoms with van der Waals surface area (Å²) in [4.78, 5) is 44.5. The number of rotatable bonds is 6. The van der Waals surface area contributed by atoms with Gasteiger partial charge < -0.3 is 10.2 Å². The Balaban J connectivity index is 1.24. The highest BCUT2D eigenvalue weighted by atomic mass is 32.1. The number of likely N-dealkylation sites (tertiary alicyclic amines) is 1. The van der Waals surface area contributed by atoms with Gasteiger partial charge in [0.15, 0.2) is 5.13 Å². The molecule has 0 spiro atoms. The van der Waals surface area contributed by atoms with Crippen LogP contribution >= 0.6 is 11.3 Å². The molecule has 0 radical (unpaired) electrons. The summed E-state index contributed by atoms with van der Waals surface area (Å²) in [6, 6.07) is 15.2. The maximum atomic E-state index is 13.1. The summed E-state index contributed by atoms with van der Waals surface area (Å²) in [5, 5.41) is 15.1. The first-order valence-electron chi connectivity index (χ1n) is 13.2. The molecule has 1 aromatic heterocycles. The van der Waals surface area contributed by atoms with Gasteiger partial charge in [0, 0.05) is 29.1 Å². The lowest BCUT2D eigenvalue weighted by Gasteiger charge is -2.25. The molecule has 1 aliphatic carbocycles. The summed E-state index contributed by atoms with van der Waals surface area (Å²) in [6.45, 7) is 0.547. The van der Waals surface area contributed by atoms with E-state index in [9.17, 15) is 27.6 Å². The van der Waals surface area contributed by atoms with Gasteiger partial charge in [0.1, 0.15) is 0 Å². The van der Waals surface area contributed by atoms with E-state index in [0.29, 0.717) is 47.8 Å². The van der Waals surface area contributed by atoms with Gasteiger partial charge >= 0.3 is 12.2 Å². The Bertz CT molecular complexity index is 1530. The van der Waals surface area contributed by atoms with E-state index in [2.05, 4.69) is 21.7 Å². The molecule has 2 N–H and O–H groups in total. The van der Waals surface area contributed by atoms with Crippen LogP contribution in [-0.2, 0) is 17.6 Å². The number of benzene rings is 2. The largest absolute Gasteiger partial charge is 0.449 e. The number of hydrogen-bond donors (Lipinski definition) is 2. The molecule has 2 heterocycles. The Hall–Kier alpha value is -4.24. The summed E-state index contributed by atoms with van der Waals surface area (Å²) in [5.41, 5.74) is 2.90. The van der Waals surface area contributed by atoms with Gasteiger partial charge in [0.2, 0.25) is 5.78 Å². The number of aryl methyl sites for hydroxylation is 1. The predicted octanol–water partition coefficient (Wildman–Crippen LogP) is 6.26. The maximum Gasteiger partial charge on any atom is 0.449 e. The fourth-order valence-electron chi connectivity index (χ4n) is 5.32. The van der Waals surface area contributed by atoms with Gasteiger partial charge in [-0.1, -0.05) is 18.2 Å². The molecular weight excluding hydrogens is 555 g/mol. The molecular formula is C29H26F3N5O3S. The molecule has 0 saturated carbocycles. The molecule has 1 saturated heterocycles. The lowest BCUT2D eigenvalue weighted by Crippen LogP contribution is -2.34. The number of thiazole rings is 1. The lowest BCUT2D eigenvalue weighted by atomic mass is 9.87. The second kappa shape index (κ2) is 11.7. The molecule has 2 aliphatic rings. The van der Waals surface area contributed by atoms with Crippen LogP contribution in [0.1, 0.15) is 63.8 Å². The zero-order valence-electron chi connectivity index (χ0n) is 21.8. The molecule has 0 unspecified atom stereocenters. The maximum absolute atomic E-state index is 13.1. The number of ketones is 1. The highest BCUT2D eigenvalue weighted by Gasteiger charge is 2.40. The van der Waals surface area contributed by atoms with E-state index in [1.54, 1.807) is 47.4 Å². The summed E-state index contributed by atoms with van der Waals surface area (Å²) in [5.74, 6) is -2.50. The topological polar surface area (TPSA) is 115 Å². The van der Waals surface area contributed by atoms with E-state index in [1.165, 1.54) is 11.3 Å². The number of fused-ring (bicyclic) bond motifs is 1. The third-order valence-electron chi connectivity index (χ3n) is 7.34. The average Bonchev–Trinajstić information content (AvgIpc) is 3.59. The Labute approximate surface area is 238 Å². The summed E-state index contributed by atoms with van der Waals surface area (Å²) < 4.78 is 38.0. The fourth-order valence-corrected chi connectivity index (χ4v) is 6.44. The summed E-state index contributed by atoms with van der Waals surface area (Å²) in [6.07, 6.45) is -2.64. The van der Waals surface area contributed by atoms with Gasteiger partial charge in [-0.3, -0.25) is 14.9 Å². The van der Waals surface area contributed by atoms with Crippen LogP contribution in [0.3, 0.4) is 0 Å². The monoisotopic (exact) mass is 581 g/mol. The number of nitrogens with one attached hydrogen (secondary N) is 2. The molecule has 8 nitrogen and oxygen atoms in total. The number of Topliss-reactive ketones (excluding diaryl/α,β-unsaturated/α-hetero) is 1. The van der Waals surface area contributed by atoms with Crippen LogP contribution < -0.4 is 10.6 Å². The zero-order chi connectivity index (χ0) is 29.1. The standard InChI is InChI=1S/C29H26F3N5O3S/c30-29(31,32)25(38)14-17-9-10-22-24(13-17)41-27(35-22)36-26(39)20-6-2-5-19(15-20)23-8-3-11-37(23)28(40)34-21-7-1-4-18(12-21)16-33/h1-2,4-7,12,15,17,23H,3,8-11,13-14H2,(H,34,40)(H,35,36,39)/t17-,23+/m0/s1. The number of nitrogens with zero attached hydrogens (tertiary/aromatic N) is 3. The summed E-state index contributed by atoms with van der Waals surface area (Å²) in [7, 11) is 0. The van der Waals surface area contributed by atoms with Crippen LogP contribution in [0, 0.1) is 17.2 Å². The number of carbonyl (C=O) groups excluding carboxylic acids is 3. The highest BCUT2D eigenvalue weighted by Crippen LogP contribution is 2.36. The Morgan fingerprint density at radius 2 is 1.90 bits per heavy atom. The van der Waals surface area contributed by atoms with Crippen molar-refractivity contribution >= 4 is 39.9 Å². The Morgan fingerprint density at radius 3 is 2.68 bits per heavy atom. The number of nitriles is 1. The fraction of sp³-hybridized carbons (Fsp3) is 0.345. The van der Waals surface area contributed by atoms with E-state index < -0.39 is 24.3 Å². The van der Waals surface area contributed by atoms with Crippen LogP contribution in [0.4, 0.5) is 28.8 Å². The normalized spacial score (nSPS) is 18.3. The van der Waals surface area contributed by atoms with Gasteiger partial charge in [-0.25, -0.2) is 9.78 Å². The Morgan fingerprint density at radius 1 is 1.10 bits per heavy atom. The van der Waals surface area contributed by atoms with Crippen molar-refractivity contribution in [3.8, 4) is 6.07 Å². The van der Waals surface area contributed by atoms with Gasteiger partial charge in [-0.05, 0) is 73.9 Å². The van der Waals surface area contributed by atoms with Crippen molar-refractivity contribution in [2.75, 3.05) is 17.2 Å². The second-order valence-corrected chi connectivity index (χ2v) is 11.3. The molecule has 3 aromatic rings. The van der Waals surface area contributed by atoms with Crippen LogP contribution in [0.5, 0.6) is 0 Å². The third-order valence-corrected chi connectivity index (χ3v) is 8.38. The van der Waals surface area contributed by atoms with Crippen molar-refractivity contribution in [3.05, 3.63) is 75.8 Å². The minimum Gasteiger partial charge on any atom is -0.317 e. The van der Waals surface area contributed by atoms with Crippen molar-refractivity contribution in [1.82, 2.24) is 9.88 Å². The minimum absolute atomic E-state index is 0.231. The minimum atomic E-state index is -4.83. The predicted molar refractivity (Wildman–Crippen MR) is 147 cm³/mol. The van der Waals surface area contributed by atoms with Gasteiger partial charge in [-0.2, -0.15) is 18.4 Å². The molecule has 0 bridgehead atoms. The van der Waals surface area contributed by atoms with E-state index in [1.807, 2.05) is 6.07 Å². The number of carbonyl (C=O) groups is 3. The number of anilines is 2. The van der Waals surface area contributed by atoms with Crippen molar-refractivity contribution < 1.29 is 27.6 Å². The zero-order valence-corrected chi connectivity index (χ0v) is 22.6. The highest BCUT2D eigenvalue weighted by molar-refractivity contribution is 7.15. The quantitative estimate of drug-likeness (QED) is 0.357. The van der Waals surface area contributed by atoms with E-state index in [-0.39, 0.29) is 18.0 Å². The van der Waals surface area contributed by atoms with Gasteiger partial charge in [-0.15, -0.1) is 11.3 Å². The average molecular weight is 582 g/mol. The molecule has 3 amide bonds. The smallest absolute Gasteiger partial charge is 0.317 e. The first-order chi connectivity index (χ1) is 19.6. The molecule has 5 rings (SSSR count). The first-order valence-corrected chi connectivity index (χ1v) is 14.0. The first kappa shape index (κ1) is 28.3. The van der Waals surface area contributed by atoms with Crippen molar-refractivity contribution in [2.45, 2.75) is 50.7 Å². The van der Waals surface area contributed by atoms with Crippen molar-refractivity contribution in [1.29, 1.82) is 5.26 Å². The molecule has 212 valence electrons. The van der Waals surface area contributed by atoms with E-state index in [0.717, 1.165) is 29.0 Å². The van der Waals surface area contributed by atoms with Crippen LogP contribution in [0.2, 0.25) is 0 Å². The van der Waals surface area contributed by atoms with Crippen molar-refractivity contribution in [3.63, 3.8) is 0 Å². The lowest BCUT2D eigenvalue weighted by molar-refractivity contribution is -0.172. The number of amides is 3. The van der Waals surface area contributed by atoms with Gasteiger partial charge in [0.25, 0.3) is 5.91 Å². The number of urea groups is 1. The Kier molecular flexibility index (Phi) is 8.08. The molecule has 12 heteroatoms. The van der Waals surface area contributed by atoms with Crippen LogP contribution in [-0.4, -0.2) is 40.3 Å². The van der Waals surface area contributed by atoms with E-state index >= 15 is 0 Å². The number of hydrogen-bond acceptors (Lipinski definition) is 6. The third kappa shape index (κ3) is 6.57. The van der Waals surface area contributed by atoms with Crippen molar-refractivity contribution in [2.24, 2.45) is 5.92 Å². The van der Waals surface area contributed by atoms with Crippen LogP contribution in [0.15, 0.2) is 48.5 Å². The van der Waals surface area contributed by atoms with E-state index in [4.69, 9.17) is 5.26 Å². The molecule has 1 aliphatic heterocycles. The molecule has 2 atom stereocenters. The number of alkyl halides is 3. The number of halogens is 3. The van der Waals surface area contributed by atoms with Gasteiger partial charge in [0.05, 0.1) is 23.4 Å². The summed E-state index contributed by atoms with van der Waals surface area (Å²) >= 11 is 1.22. The van der Waals surface area contributed by atoms with Crippen LogP contribution in [0.25, 0.3) is 0 Å². The molecule has 41 heavy (non-hydrogen) atoms. The molecule has 2 aromatic carbocycles. The SMILES string of the molecule is N#Cc1cccc(NC(=O)N2CCC[C@@H]2c2cccc(C(=O)Nc3nc4c(s3)C[C@@H](CC(=O)C(F)(F)F)CC4)c2)c1. The number of aromatic nitrogens is 1.